The Labute approximate surface area is 97.1 Å². The first kappa shape index (κ1) is 12.7. The molecule has 0 aliphatic heterocycles. The van der Waals surface area contributed by atoms with Crippen LogP contribution >= 0.6 is 0 Å². The Morgan fingerprint density at radius 3 is 2.75 bits per heavy atom. The number of nitrogens with two attached hydrogens (primary N) is 1. The first-order valence-electron chi connectivity index (χ1n) is 5.64. The summed E-state index contributed by atoms with van der Waals surface area (Å²) < 4.78 is 0. The fourth-order valence-corrected chi connectivity index (χ4v) is 1.38. The molecule has 0 aliphatic carbocycles. The van der Waals surface area contributed by atoms with Crippen molar-refractivity contribution in [2.45, 2.75) is 19.8 Å². The number of anilines is 2. The van der Waals surface area contributed by atoms with E-state index in [0.29, 0.717) is 5.82 Å². The highest BCUT2D eigenvalue weighted by Gasteiger charge is 2.00. The van der Waals surface area contributed by atoms with Crippen molar-refractivity contribution < 1.29 is 0 Å². The number of rotatable bonds is 6. The van der Waals surface area contributed by atoms with E-state index < -0.39 is 0 Å². The second kappa shape index (κ2) is 6.27. The minimum absolute atomic E-state index is 0.530. The molecule has 16 heavy (non-hydrogen) atoms. The molecule has 0 radical (unpaired) electrons. The third-order valence-electron chi connectivity index (χ3n) is 2.20. The van der Waals surface area contributed by atoms with Crippen LogP contribution in [0.2, 0.25) is 0 Å². The lowest BCUT2D eigenvalue weighted by molar-refractivity contribution is 0.405. The molecule has 0 spiro atoms. The van der Waals surface area contributed by atoms with Crippen molar-refractivity contribution in [2.75, 3.05) is 38.2 Å². The number of nitrogens with zero attached hydrogens (tertiary/aromatic N) is 3. The van der Waals surface area contributed by atoms with Crippen LogP contribution in [0.25, 0.3) is 0 Å². The molecule has 0 fully saturated rings. The standard InChI is InChI=1S/C11H21N5/c1-4-10-14-9(12)8-11(15-10)13-6-5-7-16(2)3/h8H,4-7H2,1-3H3,(H3,12,13,14,15). The molecule has 1 aromatic heterocycles. The molecule has 1 rings (SSSR count). The normalized spacial score (nSPS) is 10.8. The molecule has 0 saturated carbocycles. The Hall–Kier alpha value is -1.36. The number of hydrogen-bond acceptors (Lipinski definition) is 5. The number of nitrogens with one attached hydrogen (secondary N) is 1. The molecule has 0 unspecified atom stereocenters. The van der Waals surface area contributed by atoms with Crippen LogP contribution in [0.5, 0.6) is 0 Å². The van der Waals surface area contributed by atoms with Gasteiger partial charge in [-0.25, -0.2) is 9.97 Å². The summed E-state index contributed by atoms with van der Waals surface area (Å²) >= 11 is 0. The molecule has 1 heterocycles. The predicted octanol–water partition coefficient (Wildman–Crippen LogP) is 0.985. The molecule has 5 nitrogen and oxygen atoms in total. The van der Waals surface area contributed by atoms with Crippen LogP contribution in [0.15, 0.2) is 6.07 Å². The van der Waals surface area contributed by atoms with Gasteiger partial charge in [-0.3, -0.25) is 0 Å². The highest BCUT2D eigenvalue weighted by Crippen LogP contribution is 2.08. The molecular weight excluding hydrogens is 202 g/mol. The van der Waals surface area contributed by atoms with Gasteiger partial charge in [0.25, 0.3) is 0 Å². The van der Waals surface area contributed by atoms with Crippen molar-refractivity contribution in [2.24, 2.45) is 0 Å². The monoisotopic (exact) mass is 223 g/mol. The van der Waals surface area contributed by atoms with E-state index in [1.807, 2.05) is 6.92 Å². The molecule has 0 bridgehead atoms. The second-order valence-electron chi connectivity index (χ2n) is 4.03. The van der Waals surface area contributed by atoms with Crippen molar-refractivity contribution in [3.63, 3.8) is 0 Å². The van der Waals surface area contributed by atoms with Gasteiger partial charge >= 0.3 is 0 Å². The van der Waals surface area contributed by atoms with Crippen LogP contribution < -0.4 is 11.1 Å². The lowest BCUT2D eigenvalue weighted by Crippen LogP contribution is -2.17. The van der Waals surface area contributed by atoms with E-state index in [1.165, 1.54) is 0 Å². The van der Waals surface area contributed by atoms with Crippen molar-refractivity contribution in [3.05, 3.63) is 11.9 Å². The second-order valence-corrected chi connectivity index (χ2v) is 4.03. The van der Waals surface area contributed by atoms with Gasteiger partial charge in [0, 0.05) is 19.0 Å². The third-order valence-corrected chi connectivity index (χ3v) is 2.20. The molecule has 0 aromatic carbocycles. The Kier molecular flexibility index (Phi) is 4.98. The quantitative estimate of drug-likeness (QED) is 0.704. The summed E-state index contributed by atoms with van der Waals surface area (Å²) in [5.74, 6) is 2.14. The predicted molar refractivity (Wildman–Crippen MR) is 67.5 cm³/mol. The SMILES string of the molecule is CCc1nc(N)cc(NCCCN(C)C)n1. The number of aryl methyl sites for hydroxylation is 1. The number of hydrogen-bond donors (Lipinski definition) is 2. The average Bonchev–Trinajstić information content (AvgIpc) is 2.23. The van der Waals surface area contributed by atoms with E-state index in [0.717, 1.165) is 37.6 Å². The highest BCUT2D eigenvalue weighted by molar-refractivity contribution is 5.44. The van der Waals surface area contributed by atoms with Crippen LogP contribution in [-0.4, -0.2) is 42.1 Å². The Morgan fingerprint density at radius 1 is 1.38 bits per heavy atom. The molecule has 1 aromatic rings. The van der Waals surface area contributed by atoms with Crippen LogP contribution in [-0.2, 0) is 6.42 Å². The van der Waals surface area contributed by atoms with Gasteiger partial charge in [0.15, 0.2) is 0 Å². The van der Waals surface area contributed by atoms with Gasteiger partial charge in [0.05, 0.1) is 0 Å². The van der Waals surface area contributed by atoms with Gasteiger partial charge in [-0.1, -0.05) is 6.92 Å². The van der Waals surface area contributed by atoms with Gasteiger partial charge in [-0.05, 0) is 27.1 Å². The van der Waals surface area contributed by atoms with E-state index in [4.69, 9.17) is 5.73 Å². The summed E-state index contributed by atoms with van der Waals surface area (Å²) in [5.41, 5.74) is 5.69. The smallest absolute Gasteiger partial charge is 0.132 e. The van der Waals surface area contributed by atoms with Gasteiger partial charge in [-0.2, -0.15) is 0 Å². The zero-order chi connectivity index (χ0) is 12.0. The summed E-state index contributed by atoms with van der Waals surface area (Å²) in [6, 6.07) is 1.77. The van der Waals surface area contributed by atoms with Crippen LogP contribution in [0.1, 0.15) is 19.2 Å². The number of nitrogen functional groups attached to an aromatic ring is 1. The van der Waals surface area contributed by atoms with Gasteiger partial charge < -0.3 is 16.0 Å². The lowest BCUT2D eigenvalue weighted by Gasteiger charge is -2.10. The number of aromatic nitrogens is 2. The largest absolute Gasteiger partial charge is 0.384 e. The van der Waals surface area contributed by atoms with Gasteiger partial charge in [0.2, 0.25) is 0 Å². The first-order chi connectivity index (χ1) is 7.61. The summed E-state index contributed by atoms with van der Waals surface area (Å²) in [6.45, 7) is 3.98. The average molecular weight is 223 g/mol. The van der Waals surface area contributed by atoms with Crippen molar-refractivity contribution in [1.82, 2.24) is 14.9 Å². The molecule has 0 aliphatic rings. The maximum absolute atomic E-state index is 5.69. The molecule has 90 valence electrons. The van der Waals surface area contributed by atoms with Crippen molar-refractivity contribution >= 4 is 11.6 Å². The van der Waals surface area contributed by atoms with Crippen molar-refractivity contribution in [3.8, 4) is 0 Å². The molecule has 0 atom stereocenters. The van der Waals surface area contributed by atoms with E-state index in [1.54, 1.807) is 6.07 Å². The minimum Gasteiger partial charge on any atom is -0.384 e. The molecule has 3 N–H and O–H groups in total. The fourth-order valence-electron chi connectivity index (χ4n) is 1.38. The van der Waals surface area contributed by atoms with Crippen LogP contribution in [0, 0.1) is 0 Å². The zero-order valence-corrected chi connectivity index (χ0v) is 10.3. The molecule has 0 amide bonds. The van der Waals surface area contributed by atoms with Crippen LogP contribution in [0.3, 0.4) is 0 Å². The maximum Gasteiger partial charge on any atom is 0.132 e. The summed E-state index contributed by atoms with van der Waals surface area (Å²) in [4.78, 5) is 10.6. The highest BCUT2D eigenvalue weighted by atomic mass is 15.1. The van der Waals surface area contributed by atoms with E-state index in [2.05, 4.69) is 34.3 Å². The summed E-state index contributed by atoms with van der Waals surface area (Å²) in [7, 11) is 4.13. The topological polar surface area (TPSA) is 67.1 Å². The summed E-state index contributed by atoms with van der Waals surface area (Å²) in [5, 5.41) is 3.26. The Bertz CT molecular complexity index is 324. The molecular formula is C11H21N5. The fraction of sp³-hybridized carbons (Fsp3) is 0.636. The van der Waals surface area contributed by atoms with E-state index in [9.17, 15) is 0 Å². The van der Waals surface area contributed by atoms with E-state index in [-0.39, 0.29) is 0 Å². The Balaban J connectivity index is 2.44. The molecule has 0 saturated heterocycles. The van der Waals surface area contributed by atoms with Crippen LogP contribution in [0.4, 0.5) is 11.6 Å². The van der Waals surface area contributed by atoms with Gasteiger partial charge in [0.1, 0.15) is 17.5 Å². The van der Waals surface area contributed by atoms with Gasteiger partial charge in [-0.15, -0.1) is 0 Å². The first-order valence-corrected chi connectivity index (χ1v) is 5.64. The van der Waals surface area contributed by atoms with Crippen molar-refractivity contribution in [1.29, 1.82) is 0 Å². The maximum atomic E-state index is 5.69. The van der Waals surface area contributed by atoms with E-state index >= 15 is 0 Å². The minimum atomic E-state index is 0.530. The Morgan fingerprint density at radius 2 is 2.12 bits per heavy atom. The summed E-state index contributed by atoms with van der Waals surface area (Å²) in [6.07, 6.45) is 1.88. The molecule has 5 heteroatoms. The lowest BCUT2D eigenvalue weighted by atomic mass is 10.4. The zero-order valence-electron chi connectivity index (χ0n) is 10.3. The third kappa shape index (κ3) is 4.44.